The van der Waals surface area contributed by atoms with Crippen molar-refractivity contribution >= 4 is 17.5 Å². The molecule has 3 heterocycles. The Bertz CT molecular complexity index is 666. The second-order valence-electron chi connectivity index (χ2n) is 7.83. The molecule has 1 atom stereocenters. The van der Waals surface area contributed by atoms with Crippen molar-refractivity contribution in [3.05, 3.63) is 29.8 Å². The fourth-order valence-electron chi connectivity index (χ4n) is 4.67. The summed E-state index contributed by atoms with van der Waals surface area (Å²) in [6, 6.07) is 8.00. The maximum Gasteiger partial charge on any atom is 0.253 e. The Balaban J connectivity index is 1.45. The molecule has 5 heteroatoms. The number of carbonyl (C=O) groups excluding carboxylic acids is 2. The van der Waals surface area contributed by atoms with Crippen LogP contribution in [0.2, 0.25) is 0 Å². The summed E-state index contributed by atoms with van der Waals surface area (Å²) in [5.74, 6) is 0.282. The van der Waals surface area contributed by atoms with Crippen LogP contribution in [0.15, 0.2) is 24.3 Å². The van der Waals surface area contributed by atoms with Crippen molar-refractivity contribution < 1.29 is 9.59 Å². The molecule has 0 aliphatic carbocycles. The number of hydrogen-bond acceptors (Lipinski definition) is 3. The van der Waals surface area contributed by atoms with Gasteiger partial charge >= 0.3 is 0 Å². The molecule has 1 aromatic carbocycles. The van der Waals surface area contributed by atoms with Gasteiger partial charge in [-0.3, -0.25) is 9.59 Å². The highest BCUT2D eigenvalue weighted by Crippen LogP contribution is 2.40. The van der Waals surface area contributed by atoms with Crippen LogP contribution in [0.25, 0.3) is 0 Å². The highest BCUT2D eigenvalue weighted by Gasteiger charge is 2.48. The first kappa shape index (κ1) is 16.4. The fraction of sp³-hybridized carbons (Fsp3) is 0.600. The van der Waals surface area contributed by atoms with Crippen molar-refractivity contribution in [2.24, 2.45) is 5.41 Å². The van der Waals surface area contributed by atoms with Gasteiger partial charge in [-0.25, -0.2) is 0 Å². The number of rotatable bonds is 2. The number of hydrogen-bond donors (Lipinski definition) is 0. The molecular formula is C20H27N3O2. The molecule has 0 saturated carbocycles. The zero-order valence-electron chi connectivity index (χ0n) is 15.0. The summed E-state index contributed by atoms with van der Waals surface area (Å²) < 4.78 is 0. The summed E-state index contributed by atoms with van der Waals surface area (Å²) in [6.07, 6.45) is 5.24. The first-order valence-corrected chi connectivity index (χ1v) is 9.49. The van der Waals surface area contributed by atoms with Gasteiger partial charge in [0.25, 0.3) is 5.91 Å². The smallest absolute Gasteiger partial charge is 0.253 e. The molecule has 3 aliphatic rings. The highest BCUT2D eigenvalue weighted by atomic mass is 16.2. The Morgan fingerprint density at radius 2 is 1.68 bits per heavy atom. The molecule has 3 aliphatic heterocycles. The van der Waals surface area contributed by atoms with Gasteiger partial charge in [-0.1, -0.05) is 0 Å². The van der Waals surface area contributed by atoms with Crippen LogP contribution < -0.4 is 4.90 Å². The minimum absolute atomic E-state index is 0.0610. The standard InChI is InChI=1S/C20H27N3O2/c1-21-11-4-9-20(19(21)25)10-14-23(15-20)18(24)16-5-7-17(8-6-16)22-12-2-3-13-22/h5-8H,2-4,9-15H2,1H3/t20-/m0/s1. The number of likely N-dealkylation sites (tertiary alicyclic amines) is 2. The molecule has 0 radical (unpaired) electrons. The third-order valence-corrected chi connectivity index (χ3v) is 6.18. The Labute approximate surface area is 149 Å². The molecule has 3 saturated heterocycles. The van der Waals surface area contributed by atoms with E-state index in [9.17, 15) is 9.59 Å². The van der Waals surface area contributed by atoms with Gasteiger partial charge in [0, 0.05) is 51.0 Å². The van der Waals surface area contributed by atoms with E-state index in [1.807, 2.05) is 29.0 Å². The summed E-state index contributed by atoms with van der Waals surface area (Å²) in [6.45, 7) is 4.32. The molecule has 1 aromatic rings. The van der Waals surface area contributed by atoms with Crippen LogP contribution in [0.1, 0.15) is 42.5 Å². The van der Waals surface area contributed by atoms with E-state index in [1.54, 1.807) is 0 Å². The Hall–Kier alpha value is -2.04. The first-order chi connectivity index (χ1) is 12.1. The summed E-state index contributed by atoms with van der Waals surface area (Å²) in [4.78, 5) is 31.6. The first-order valence-electron chi connectivity index (χ1n) is 9.49. The maximum atomic E-state index is 12.9. The Kier molecular flexibility index (Phi) is 4.18. The van der Waals surface area contributed by atoms with Crippen molar-refractivity contribution in [3.8, 4) is 0 Å². The van der Waals surface area contributed by atoms with E-state index in [2.05, 4.69) is 17.0 Å². The van der Waals surface area contributed by atoms with Crippen molar-refractivity contribution in [1.29, 1.82) is 0 Å². The van der Waals surface area contributed by atoms with E-state index in [-0.39, 0.29) is 17.2 Å². The molecule has 0 aromatic heterocycles. The minimum atomic E-state index is -0.335. The zero-order valence-corrected chi connectivity index (χ0v) is 15.0. The Morgan fingerprint density at radius 3 is 2.40 bits per heavy atom. The molecule has 1 spiro atoms. The van der Waals surface area contributed by atoms with Crippen molar-refractivity contribution in [3.63, 3.8) is 0 Å². The maximum absolute atomic E-state index is 12.9. The molecule has 0 N–H and O–H groups in total. The zero-order chi connectivity index (χ0) is 17.4. The number of amides is 2. The lowest BCUT2D eigenvalue weighted by Crippen LogP contribution is -2.48. The van der Waals surface area contributed by atoms with Gasteiger partial charge in [0.05, 0.1) is 5.41 Å². The van der Waals surface area contributed by atoms with Crippen LogP contribution in [0.3, 0.4) is 0 Å². The number of piperidine rings is 1. The topological polar surface area (TPSA) is 43.9 Å². The summed E-state index contributed by atoms with van der Waals surface area (Å²) in [5, 5.41) is 0. The average Bonchev–Trinajstić information content (AvgIpc) is 3.30. The molecule has 134 valence electrons. The van der Waals surface area contributed by atoms with Crippen LogP contribution >= 0.6 is 0 Å². The normalized spacial score (nSPS) is 26.8. The monoisotopic (exact) mass is 341 g/mol. The van der Waals surface area contributed by atoms with Gasteiger partial charge in [0.1, 0.15) is 0 Å². The molecule has 25 heavy (non-hydrogen) atoms. The van der Waals surface area contributed by atoms with Crippen LogP contribution in [-0.2, 0) is 4.79 Å². The van der Waals surface area contributed by atoms with Crippen molar-refractivity contribution in [2.45, 2.75) is 32.1 Å². The van der Waals surface area contributed by atoms with Crippen LogP contribution in [0, 0.1) is 5.41 Å². The van der Waals surface area contributed by atoms with Gasteiger partial charge in [0.15, 0.2) is 0 Å². The van der Waals surface area contributed by atoms with E-state index in [1.165, 1.54) is 18.5 Å². The molecule has 2 amide bonds. The minimum Gasteiger partial charge on any atom is -0.372 e. The lowest BCUT2D eigenvalue weighted by atomic mass is 9.78. The van der Waals surface area contributed by atoms with E-state index in [0.717, 1.165) is 44.5 Å². The molecule has 0 unspecified atom stereocenters. The predicted molar refractivity (Wildman–Crippen MR) is 97.7 cm³/mol. The molecule has 4 rings (SSSR count). The van der Waals surface area contributed by atoms with Crippen LogP contribution in [0.4, 0.5) is 5.69 Å². The average molecular weight is 341 g/mol. The van der Waals surface area contributed by atoms with Gasteiger partial charge in [-0.15, -0.1) is 0 Å². The summed E-state index contributed by atoms with van der Waals surface area (Å²) in [7, 11) is 1.88. The van der Waals surface area contributed by atoms with E-state index in [4.69, 9.17) is 0 Å². The Morgan fingerprint density at radius 1 is 0.960 bits per heavy atom. The summed E-state index contributed by atoms with van der Waals surface area (Å²) in [5.41, 5.74) is 1.60. The van der Waals surface area contributed by atoms with Gasteiger partial charge in [-0.05, 0) is 56.4 Å². The van der Waals surface area contributed by atoms with E-state index < -0.39 is 0 Å². The van der Waals surface area contributed by atoms with Crippen molar-refractivity contribution in [1.82, 2.24) is 9.80 Å². The molecule has 3 fully saturated rings. The third-order valence-electron chi connectivity index (χ3n) is 6.18. The second kappa shape index (κ2) is 6.36. The second-order valence-corrected chi connectivity index (χ2v) is 7.83. The van der Waals surface area contributed by atoms with Gasteiger partial charge in [0.2, 0.25) is 5.91 Å². The third kappa shape index (κ3) is 2.90. The summed E-state index contributed by atoms with van der Waals surface area (Å²) >= 11 is 0. The lowest BCUT2D eigenvalue weighted by molar-refractivity contribution is -0.143. The predicted octanol–water partition coefficient (Wildman–Crippen LogP) is 2.37. The number of benzene rings is 1. The van der Waals surface area contributed by atoms with E-state index in [0.29, 0.717) is 13.1 Å². The van der Waals surface area contributed by atoms with Gasteiger partial charge in [-0.2, -0.15) is 0 Å². The molecule has 5 nitrogen and oxygen atoms in total. The highest BCUT2D eigenvalue weighted by molar-refractivity contribution is 5.96. The largest absolute Gasteiger partial charge is 0.372 e. The van der Waals surface area contributed by atoms with E-state index >= 15 is 0 Å². The van der Waals surface area contributed by atoms with Gasteiger partial charge < -0.3 is 14.7 Å². The van der Waals surface area contributed by atoms with Crippen molar-refractivity contribution in [2.75, 3.05) is 44.7 Å². The molecule has 0 bridgehead atoms. The van der Waals surface area contributed by atoms with Crippen LogP contribution in [-0.4, -0.2) is 61.4 Å². The fourth-order valence-corrected chi connectivity index (χ4v) is 4.67. The number of nitrogens with zero attached hydrogens (tertiary/aromatic N) is 3. The number of anilines is 1. The quantitative estimate of drug-likeness (QED) is 0.829. The SMILES string of the molecule is CN1CCC[C@@]2(CCN(C(=O)c3ccc(N4CCCC4)cc3)C2)C1=O. The number of carbonyl (C=O) groups is 2. The molecular weight excluding hydrogens is 314 g/mol. The lowest BCUT2D eigenvalue weighted by Gasteiger charge is -2.37. The van der Waals surface area contributed by atoms with Crippen LogP contribution in [0.5, 0.6) is 0 Å².